The Labute approximate surface area is 709 Å². The van der Waals surface area contributed by atoms with E-state index in [4.69, 9.17) is 75.8 Å². The zero-order chi connectivity index (χ0) is 82.6. The van der Waals surface area contributed by atoms with Gasteiger partial charge in [-0.05, 0) is 242 Å². The fourth-order valence-electron chi connectivity index (χ4n) is 16.2. The van der Waals surface area contributed by atoms with Crippen LogP contribution < -0.4 is 28.4 Å². The van der Waals surface area contributed by atoms with Crippen molar-refractivity contribution in [2.75, 3.05) is 159 Å². The minimum absolute atomic E-state index is 0.0290. The largest absolute Gasteiger partial charge is 0.491 e. The molecule has 3 fully saturated rings. The Kier molecular flexibility index (Phi) is 44.1. The van der Waals surface area contributed by atoms with Crippen molar-refractivity contribution in [3.63, 3.8) is 0 Å². The number of benzene rings is 5. The number of carbonyl (C=O) groups excluding carboxylic acids is 2. The Hall–Kier alpha value is -8.18. The molecular weight excluding hydrogens is 1510 g/mol. The summed E-state index contributed by atoms with van der Waals surface area (Å²) in [6, 6.07) is 42.2. The molecule has 0 atom stereocenters. The quantitative estimate of drug-likeness (QED) is 0.0256. The van der Waals surface area contributed by atoms with Crippen molar-refractivity contribution >= 4 is 11.9 Å². The van der Waals surface area contributed by atoms with E-state index in [1.165, 1.54) is 171 Å². The van der Waals surface area contributed by atoms with Gasteiger partial charge in [0.25, 0.3) is 0 Å². The standard InChI is InChI=1S/C99H136N2O18/c1-4-7-10-13-77-16-22-80(23-17-77)83-28-34-92(35-29-83)112-64-56-104-48-51-107-59-67-115-95-75-91(99(103)119-71-63-111-55-54-110-62-70-118-98(102)90-73-88(86-40-44-100-45-41-86)72-89(74-90)87-42-46-101-47-43-87)76-96(116-68-60-108-52-49-105-57-65-113-93-36-30-84(31-37-93)81-24-18-78(19-25-81)14-11-8-5-2)97(95)117-69-61-109-53-50-106-58-66-114-94-38-32-85(33-39-94)82-26-20-79(21-27-82)15-12-9-6-3/h28-47,72-82H,4-27,48-71H2,1-3H3. The topological polar surface area (TPSA) is 208 Å². The second kappa shape index (κ2) is 56.4. The van der Waals surface area contributed by atoms with Gasteiger partial charge in [-0.2, -0.15) is 0 Å². The summed E-state index contributed by atoms with van der Waals surface area (Å²) in [7, 11) is 0. The van der Waals surface area contributed by atoms with Crippen LogP contribution in [0.25, 0.3) is 22.3 Å². The highest BCUT2D eigenvalue weighted by Crippen LogP contribution is 2.43. The van der Waals surface area contributed by atoms with Crippen LogP contribution in [0.2, 0.25) is 0 Å². The number of carbonyl (C=O) groups is 2. The van der Waals surface area contributed by atoms with Crippen LogP contribution in [0.5, 0.6) is 34.5 Å². The lowest BCUT2D eigenvalue weighted by molar-refractivity contribution is 0.00226. The number of esters is 2. The van der Waals surface area contributed by atoms with Gasteiger partial charge in [-0.25, -0.2) is 9.59 Å². The van der Waals surface area contributed by atoms with Gasteiger partial charge < -0.3 is 75.8 Å². The van der Waals surface area contributed by atoms with Crippen LogP contribution in [0.1, 0.15) is 230 Å². The maximum absolute atomic E-state index is 14.0. The van der Waals surface area contributed by atoms with Crippen molar-refractivity contribution < 1.29 is 85.4 Å². The van der Waals surface area contributed by atoms with Crippen molar-refractivity contribution in [1.82, 2.24) is 9.97 Å². The van der Waals surface area contributed by atoms with Crippen LogP contribution in [0, 0.1) is 17.8 Å². The normalized spacial score (nSPS) is 17.3. The predicted octanol–water partition coefficient (Wildman–Crippen LogP) is 20.9. The number of nitrogens with zero attached hydrogens (tertiary/aromatic N) is 2. The third kappa shape index (κ3) is 35.1. The SMILES string of the molecule is CCCCCC1CCC(c2ccc(OCCOCCOCCOc3cc(C(=O)OCCOCCOCCOC(=O)c4cc(-c5ccncc5)cc(-c5ccncc5)c4)cc(OCCOCCOCCOc4ccc(C5CCC(CCCCC)CC5)cc4)c3OCCOCCOCCOc3ccc(C4CCC(CCCCC)CC4)cc3)cc2)CC1. The highest BCUT2D eigenvalue weighted by Gasteiger charge is 2.27. The Morgan fingerprint density at radius 3 is 0.849 bits per heavy atom. The molecule has 650 valence electrons. The fourth-order valence-corrected chi connectivity index (χ4v) is 16.2. The molecule has 20 heteroatoms. The molecule has 10 rings (SSSR count). The van der Waals surface area contributed by atoms with Crippen LogP contribution in [-0.2, 0) is 47.4 Å². The number of hydrogen-bond donors (Lipinski definition) is 0. The van der Waals surface area contributed by atoms with Gasteiger partial charge in [-0.15, -0.1) is 0 Å². The Balaban J connectivity index is 0.682. The van der Waals surface area contributed by atoms with Gasteiger partial charge in [-0.1, -0.05) is 134 Å². The number of aromatic nitrogens is 2. The maximum Gasteiger partial charge on any atom is 0.338 e. The van der Waals surface area contributed by atoms with Crippen molar-refractivity contribution in [2.45, 2.75) is 193 Å². The minimum atomic E-state index is -0.640. The molecule has 2 aromatic heterocycles. The van der Waals surface area contributed by atoms with Gasteiger partial charge in [0.15, 0.2) is 11.5 Å². The summed E-state index contributed by atoms with van der Waals surface area (Å²) in [6.45, 7) is 12.9. The van der Waals surface area contributed by atoms with Crippen LogP contribution in [0.3, 0.4) is 0 Å². The van der Waals surface area contributed by atoms with Gasteiger partial charge >= 0.3 is 11.9 Å². The van der Waals surface area contributed by atoms with E-state index in [-0.39, 0.29) is 102 Å². The Bertz CT molecular complexity index is 3660. The summed E-state index contributed by atoms with van der Waals surface area (Å²) in [5.74, 6) is 6.68. The third-order valence-corrected chi connectivity index (χ3v) is 23.0. The van der Waals surface area contributed by atoms with Crippen molar-refractivity contribution in [1.29, 1.82) is 0 Å². The molecule has 3 aliphatic rings. The maximum atomic E-state index is 14.0. The van der Waals surface area contributed by atoms with Crippen LogP contribution in [0.4, 0.5) is 0 Å². The second-order valence-corrected chi connectivity index (χ2v) is 31.7. The van der Waals surface area contributed by atoms with E-state index in [2.05, 4.69) is 104 Å². The average Bonchev–Trinajstić information content (AvgIpc) is 0.822. The van der Waals surface area contributed by atoms with Gasteiger partial charge in [0.05, 0.1) is 117 Å². The summed E-state index contributed by atoms with van der Waals surface area (Å²) in [6.07, 6.45) is 38.6. The van der Waals surface area contributed by atoms with E-state index >= 15 is 0 Å². The van der Waals surface area contributed by atoms with Crippen LogP contribution in [-0.4, -0.2) is 180 Å². The lowest BCUT2D eigenvalue weighted by Gasteiger charge is -2.29. The number of ether oxygens (including phenoxy) is 16. The molecule has 0 saturated heterocycles. The first-order valence-corrected chi connectivity index (χ1v) is 45.0. The van der Waals surface area contributed by atoms with E-state index in [1.807, 2.05) is 30.3 Å². The number of pyridine rings is 2. The van der Waals surface area contributed by atoms with E-state index in [0.29, 0.717) is 103 Å². The average molecular weight is 1640 g/mol. The molecule has 3 saturated carbocycles. The van der Waals surface area contributed by atoms with E-state index in [9.17, 15) is 9.59 Å². The molecule has 0 N–H and O–H groups in total. The van der Waals surface area contributed by atoms with E-state index in [0.717, 1.165) is 57.3 Å². The molecule has 0 aliphatic heterocycles. The summed E-state index contributed by atoms with van der Waals surface area (Å²) in [5.41, 5.74) is 8.33. The number of unbranched alkanes of at least 4 members (excludes halogenated alkanes) is 6. The molecule has 5 aromatic carbocycles. The summed E-state index contributed by atoms with van der Waals surface area (Å²) in [4.78, 5) is 35.7. The lowest BCUT2D eigenvalue weighted by atomic mass is 9.77. The van der Waals surface area contributed by atoms with Crippen LogP contribution in [0.15, 0.2) is 152 Å². The molecule has 119 heavy (non-hydrogen) atoms. The summed E-state index contributed by atoms with van der Waals surface area (Å²) >= 11 is 0. The molecule has 0 radical (unpaired) electrons. The van der Waals surface area contributed by atoms with Crippen molar-refractivity contribution in [3.05, 3.63) is 180 Å². The van der Waals surface area contributed by atoms with Gasteiger partial charge in [-0.3, -0.25) is 9.97 Å². The van der Waals surface area contributed by atoms with Crippen molar-refractivity contribution in [3.8, 4) is 56.8 Å². The molecular formula is C99H136N2O18. The van der Waals surface area contributed by atoms with E-state index in [1.54, 1.807) is 49.1 Å². The van der Waals surface area contributed by atoms with Gasteiger partial charge in [0.1, 0.15) is 70.1 Å². The lowest BCUT2D eigenvalue weighted by Crippen LogP contribution is -2.17. The van der Waals surface area contributed by atoms with Crippen molar-refractivity contribution in [2.24, 2.45) is 17.8 Å². The molecule has 0 spiro atoms. The smallest absolute Gasteiger partial charge is 0.338 e. The molecule has 20 nitrogen and oxygen atoms in total. The third-order valence-electron chi connectivity index (χ3n) is 23.0. The monoisotopic (exact) mass is 1640 g/mol. The molecule has 2 heterocycles. The second-order valence-electron chi connectivity index (χ2n) is 31.7. The van der Waals surface area contributed by atoms with Gasteiger partial charge in [0.2, 0.25) is 5.75 Å². The molecule has 0 bridgehead atoms. The first-order valence-electron chi connectivity index (χ1n) is 45.0. The van der Waals surface area contributed by atoms with Gasteiger partial charge in [0, 0.05) is 24.8 Å². The highest BCUT2D eigenvalue weighted by molar-refractivity contribution is 5.93. The Morgan fingerprint density at radius 2 is 0.546 bits per heavy atom. The number of hydrogen-bond acceptors (Lipinski definition) is 20. The number of rotatable bonds is 61. The fraction of sp³-hybridized carbons (Fsp3) is 0.576. The zero-order valence-corrected chi connectivity index (χ0v) is 71.6. The predicted molar refractivity (Wildman–Crippen MR) is 465 cm³/mol. The Morgan fingerprint density at radius 1 is 0.277 bits per heavy atom. The summed E-state index contributed by atoms with van der Waals surface area (Å²) in [5, 5.41) is 0. The first kappa shape index (κ1) is 93.1. The molecule has 7 aromatic rings. The minimum Gasteiger partial charge on any atom is -0.491 e. The molecule has 0 amide bonds. The van der Waals surface area contributed by atoms with E-state index < -0.39 is 11.9 Å². The molecule has 0 unspecified atom stereocenters. The molecule has 3 aliphatic carbocycles. The zero-order valence-electron chi connectivity index (χ0n) is 71.6. The summed E-state index contributed by atoms with van der Waals surface area (Å²) < 4.78 is 95.9. The van der Waals surface area contributed by atoms with Crippen LogP contribution >= 0.6 is 0 Å². The first-order chi connectivity index (χ1) is 58.8. The highest BCUT2D eigenvalue weighted by atomic mass is 16.6.